The minimum Gasteiger partial charge on any atom is -0.480 e. The van der Waals surface area contributed by atoms with Gasteiger partial charge in [-0.25, -0.2) is 0 Å². The van der Waals surface area contributed by atoms with Crippen LogP contribution in [0.25, 0.3) is 0 Å². The van der Waals surface area contributed by atoms with E-state index in [0.29, 0.717) is 4.31 Å². The van der Waals surface area contributed by atoms with Crippen molar-refractivity contribution in [1.82, 2.24) is 8.61 Å². The summed E-state index contributed by atoms with van der Waals surface area (Å²) in [5.41, 5.74) is 3.65. The van der Waals surface area contributed by atoms with E-state index in [1.165, 1.54) is 14.1 Å². The third-order valence-electron chi connectivity index (χ3n) is 2.81. The molecule has 1 fully saturated rings. The number of hydrogen-bond acceptors (Lipinski definition) is 5. The third kappa shape index (κ3) is 2.32. The first-order chi connectivity index (χ1) is 8.02. The highest BCUT2D eigenvalue weighted by Gasteiger charge is 2.54. The second-order valence-electron chi connectivity index (χ2n) is 4.35. The Morgan fingerprint density at radius 3 is 2.22 bits per heavy atom. The van der Waals surface area contributed by atoms with Crippen LogP contribution in [0.15, 0.2) is 0 Å². The van der Waals surface area contributed by atoms with Gasteiger partial charge < -0.3 is 15.9 Å². The molecule has 4 N–H and O–H groups in total. The van der Waals surface area contributed by atoms with Crippen molar-refractivity contribution in [2.24, 2.45) is 5.73 Å². The molecule has 0 aliphatic carbocycles. The summed E-state index contributed by atoms with van der Waals surface area (Å²) in [6.07, 6.45) is -0.468. The fourth-order valence-electron chi connectivity index (χ4n) is 1.72. The molecule has 0 bridgehead atoms. The average Bonchev–Trinajstić information content (AvgIpc) is 2.58. The number of carboxylic acid groups (broad SMARTS) is 2. The molecule has 0 aromatic rings. The summed E-state index contributed by atoms with van der Waals surface area (Å²) in [4.78, 5) is 22.0. The summed E-state index contributed by atoms with van der Waals surface area (Å²) in [6.45, 7) is -0.570. The lowest BCUT2D eigenvalue weighted by Crippen LogP contribution is -2.51. The quantitative estimate of drug-likeness (QED) is 0.527. The molecule has 0 aromatic carbocycles. The van der Waals surface area contributed by atoms with Gasteiger partial charge in [0.2, 0.25) is 0 Å². The first-order valence-electron chi connectivity index (χ1n) is 4.97. The maximum absolute atomic E-state index is 11.9. The standard InChI is InChI=1S/C8H15N3O6S/c1-10(2)18(16,17)11-4-8(9,7(14)15)3-5(11)6(12)13/h5H,3-4,9H2,1-2H3,(H,12,13)(H,14,15)/t5-,8+/m1/s1. The number of carboxylic acids is 2. The number of nitrogens with zero attached hydrogens (tertiary/aromatic N) is 2. The van der Waals surface area contributed by atoms with E-state index in [4.69, 9.17) is 15.9 Å². The Hall–Kier alpha value is -1.23. The normalized spacial score (nSPS) is 29.7. The van der Waals surface area contributed by atoms with Gasteiger partial charge in [-0.3, -0.25) is 9.59 Å². The van der Waals surface area contributed by atoms with Crippen LogP contribution in [0.5, 0.6) is 0 Å². The molecular weight excluding hydrogens is 266 g/mol. The highest BCUT2D eigenvalue weighted by Crippen LogP contribution is 2.29. The third-order valence-corrected chi connectivity index (χ3v) is 4.71. The minimum absolute atomic E-state index is 0.468. The van der Waals surface area contributed by atoms with Crippen molar-refractivity contribution in [3.8, 4) is 0 Å². The van der Waals surface area contributed by atoms with E-state index in [1.807, 2.05) is 0 Å². The molecule has 0 radical (unpaired) electrons. The molecule has 1 rings (SSSR count). The largest absolute Gasteiger partial charge is 0.480 e. The van der Waals surface area contributed by atoms with Gasteiger partial charge in [0, 0.05) is 27.1 Å². The zero-order valence-electron chi connectivity index (χ0n) is 9.90. The van der Waals surface area contributed by atoms with Crippen molar-refractivity contribution in [2.45, 2.75) is 18.0 Å². The van der Waals surface area contributed by atoms with Crippen LogP contribution in [0.4, 0.5) is 0 Å². The van der Waals surface area contributed by atoms with E-state index in [2.05, 4.69) is 0 Å². The molecule has 18 heavy (non-hydrogen) atoms. The van der Waals surface area contributed by atoms with E-state index < -0.39 is 46.7 Å². The zero-order chi connectivity index (χ0) is 14.3. The summed E-state index contributed by atoms with van der Waals surface area (Å²) < 4.78 is 25.2. The fraction of sp³-hybridized carbons (Fsp3) is 0.750. The van der Waals surface area contributed by atoms with E-state index in [1.54, 1.807) is 0 Å². The number of aliphatic carboxylic acids is 2. The van der Waals surface area contributed by atoms with Crippen LogP contribution in [0, 0.1) is 0 Å². The number of nitrogens with two attached hydrogens (primary N) is 1. The lowest BCUT2D eigenvalue weighted by Gasteiger charge is -2.24. The fourth-order valence-corrected chi connectivity index (χ4v) is 3.02. The maximum atomic E-state index is 11.9. The van der Waals surface area contributed by atoms with Gasteiger partial charge in [0.1, 0.15) is 11.6 Å². The highest BCUT2D eigenvalue weighted by atomic mass is 32.2. The predicted octanol–water partition coefficient (Wildman–Crippen LogP) is -2.27. The summed E-state index contributed by atoms with van der Waals surface area (Å²) in [5.74, 6) is -2.85. The van der Waals surface area contributed by atoms with E-state index >= 15 is 0 Å². The molecule has 1 aliphatic rings. The van der Waals surface area contributed by atoms with Gasteiger partial charge in [-0.15, -0.1) is 0 Å². The Morgan fingerprint density at radius 1 is 1.39 bits per heavy atom. The molecular formula is C8H15N3O6S. The zero-order valence-corrected chi connectivity index (χ0v) is 10.7. The summed E-state index contributed by atoms with van der Waals surface area (Å²) >= 11 is 0. The lowest BCUT2D eigenvalue weighted by molar-refractivity contribution is -0.142. The monoisotopic (exact) mass is 281 g/mol. The van der Waals surface area contributed by atoms with Crippen LogP contribution < -0.4 is 5.73 Å². The molecule has 1 aliphatic heterocycles. The van der Waals surface area contributed by atoms with Gasteiger partial charge in [-0.2, -0.15) is 17.0 Å². The Bertz CT molecular complexity index is 475. The van der Waals surface area contributed by atoms with Crippen LogP contribution in [-0.4, -0.2) is 71.4 Å². The van der Waals surface area contributed by atoms with Crippen LogP contribution in [0.3, 0.4) is 0 Å². The molecule has 1 saturated heterocycles. The second-order valence-corrected chi connectivity index (χ2v) is 6.45. The maximum Gasteiger partial charge on any atom is 0.325 e. The van der Waals surface area contributed by atoms with Crippen molar-refractivity contribution < 1.29 is 28.2 Å². The molecule has 2 atom stereocenters. The van der Waals surface area contributed by atoms with E-state index in [0.717, 1.165) is 4.31 Å². The van der Waals surface area contributed by atoms with Gasteiger partial charge in [-0.05, 0) is 0 Å². The molecule has 0 saturated carbocycles. The van der Waals surface area contributed by atoms with Gasteiger partial charge in [0.25, 0.3) is 10.2 Å². The minimum atomic E-state index is -4.03. The van der Waals surface area contributed by atoms with Crippen LogP contribution in [0.2, 0.25) is 0 Å². The van der Waals surface area contributed by atoms with Gasteiger partial charge in [0.15, 0.2) is 0 Å². The van der Waals surface area contributed by atoms with Crippen LogP contribution in [0.1, 0.15) is 6.42 Å². The Kier molecular flexibility index (Phi) is 3.68. The Labute approximate surface area is 104 Å². The lowest BCUT2D eigenvalue weighted by atomic mass is 9.98. The molecule has 0 spiro atoms. The van der Waals surface area contributed by atoms with Gasteiger partial charge >= 0.3 is 11.9 Å². The van der Waals surface area contributed by atoms with E-state index in [-0.39, 0.29) is 0 Å². The summed E-state index contributed by atoms with van der Waals surface area (Å²) in [7, 11) is -1.58. The average molecular weight is 281 g/mol. The van der Waals surface area contributed by atoms with E-state index in [9.17, 15) is 18.0 Å². The molecule has 9 nitrogen and oxygen atoms in total. The smallest absolute Gasteiger partial charge is 0.325 e. The molecule has 104 valence electrons. The SMILES string of the molecule is CN(C)S(=O)(=O)N1C[C@](N)(C(=O)O)C[C@@H]1C(=O)O. The molecule has 1 heterocycles. The summed E-state index contributed by atoms with van der Waals surface area (Å²) in [6, 6.07) is -1.47. The molecule has 0 unspecified atom stereocenters. The highest BCUT2D eigenvalue weighted by molar-refractivity contribution is 7.86. The van der Waals surface area contributed by atoms with Crippen molar-refractivity contribution in [3.63, 3.8) is 0 Å². The topological polar surface area (TPSA) is 141 Å². The first kappa shape index (κ1) is 14.8. The first-order valence-corrected chi connectivity index (χ1v) is 6.36. The van der Waals surface area contributed by atoms with Crippen molar-refractivity contribution >= 4 is 22.1 Å². The van der Waals surface area contributed by atoms with Crippen molar-refractivity contribution in [3.05, 3.63) is 0 Å². The van der Waals surface area contributed by atoms with Gasteiger partial charge in [-0.1, -0.05) is 0 Å². The Balaban J connectivity index is 3.19. The van der Waals surface area contributed by atoms with Crippen LogP contribution >= 0.6 is 0 Å². The second kappa shape index (κ2) is 4.46. The molecule has 0 aromatic heterocycles. The summed E-state index contributed by atoms with van der Waals surface area (Å²) in [5, 5.41) is 17.9. The van der Waals surface area contributed by atoms with Crippen molar-refractivity contribution in [1.29, 1.82) is 0 Å². The molecule has 10 heteroatoms. The van der Waals surface area contributed by atoms with Crippen LogP contribution in [-0.2, 0) is 19.8 Å². The predicted molar refractivity (Wildman–Crippen MR) is 59.9 cm³/mol. The van der Waals surface area contributed by atoms with Gasteiger partial charge in [0.05, 0.1) is 0 Å². The number of carbonyl (C=O) groups is 2. The number of hydrogen-bond donors (Lipinski definition) is 3. The Morgan fingerprint density at radius 2 is 1.89 bits per heavy atom. The van der Waals surface area contributed by atoms with Crippen molar-refractivity contribution in [2.75, 3.05) is 20.6 Å². The number of rotatable bonds is 4. The molecule has 0 amide bonds.